The van der Waals surface area contributed by atoms with E-state index in [1.54, 1.807) is 24.3 Å². The summed E-state index contributed by atoms with van der Waals surface area (Å²) in [7, 11) is 0. The number of allylic oxidation sites excluding steroid dienone is 1. The van der Waals surface area contributed by atoms with E-state index in [1.807, 2.05) is 20.8 Å². The van der Waals surface area contributed by atoms with Crippen molar-refractivity contribution in [2.45, 2.75) is 20.8 Å². The Bertz CT molecular complexity index is 507. The minimum atomic E-state index is -0.392. The molecule has 18 heavy (non-hydrogen) atoms. The minimum absolute atomic E-state index is 0.244. The standard InChI is InChI=1S/C14H15NO3/c1-9(2)10(3)8-18-15-13(16)11-6-4-5-7-12(11)14(15)17/h4-7H,8H2,1-3H3. The smallest absolute Gasteiger partial charge is 0.266 e. The van der Waals surface area contributed by atoms with Gasteiger partial charge in [0, 0.05) is 0 Å². The molecule has 4 heteroatoms. The van der Waals surface area contributed by atoms with Gasteiger partial charge in [0.1, 0.15) is 0 Å². The highest BCUT2D eigenvalue weighted by molar-refractivity contribution is 6.20. The Hall–Kier alpha value is -1.94. The molecule has 4 nitrogen and oxygen atoms in total. The van der Waals surface area contributed by atoms with Gasteiger partial charge in [-0.25, -0.2) is 0 Å². The Kier molecular flexibility index (Phi) is 3.30. The first-order valence-electron chi connectivity index (χ1n) is 5.76. The number of fused-ring (bicyclic) bond motifs is 1. The van der Waals surface area contributed by atoms with Gasteiger partial charge in [0.15, 0.2) is 0 Å². The fourth-order valence-electron chi connectivity index (χ4n) is 1.59. The van der Waals surface area contributed by atoms with Crippen LogP contribution in [0.1, 0.15) is 41.5 Å². The molecule has 2 rings (SSSR count). The second kappa shape index (κ2) is 4.74. The number of amides is 2. The fourth-order valence-corrected chi connectivity index (χ4v) is 1.59. The fraction of sp³-hybridized carbons (Fsp3) is 0.286. The van der Waals surface area contributed by atoms with Crippen LogP contribution in [-0.2, 0) is 4.84 Å². The molecule has 0 saturated heterocycles. The predicted molar refractivity (Wildman–Crippen MR) is 66.9 cm³/mol. The lowest BCUT2D eigenvalue weighted by Crippen LogP contribution is -2.30. The van der Waals surface area contributed by atoms with Crippen LogP contribution >= 0.6 is 0 Å². The lowest BCUT2D eigenvalue weighted by Gasteiger charge is -2.14. The summed E-state index contributed by atoms with van der Waals surface area (Å²) < 4.78 is 0. The third-order valence-corrected chi connectivity index (χ3v) is 3.02. The first-order chi connectivity index (χ1) is 8.52. The maximum absolute atomic E-state index is 12.0. The molecule has 1 aromatic rings. The van der Waals surface area contributed by atoms with E-state index in [2.05, 4.69) is 0 Å². The van der Waals surface area contributed by atoms with Crippen molar-refractivity contribution in [3.8, 4) is 0 Å². The molecule has 0 spiro atoms. The number of hydrogen-bond donors (Lipinski definition) is 0. The average molecular weight is 245 g/mol. The summed E-state index contributed by atoms with van der Waals surface area (Å²) in [6.45, 7) is 6.07. The zero-order valence-electron chi connectivity index (χ0n) is 10.7. The van der Waals surface area contributed by atoms with E-state index < -0.39 is 11.8 Å². The van der Waals surface area contributed by atoms with Gasteiger partial charge in [-0.2, -0.15) is 0 Å². The Morgan fingerprint density at radius 1 is 1.06 bits per heavy atom. The highest BCUT2D eigenvalue weighted by Gasteiger charge is 2.36. The molecule has 1 aliphatic heterocycles. The van der Waals surface area contributed by atoms with Crippen LogP contribution in [0.4, 0.5) is 0 Å². The summed E-state index contributed by atoms with van der Waals surface area (Å²) in [5.74, 6) is -0.783. The van der Waals surface area contributed by atoms with E-state index in [9.17, 15) is 9.59 Å². The summed E-state index contributed by atoms with van der Waals surface area (Å²) in [5.41, 5.74) is 2.92. The number of imide groups is 1. The molecule has 0 radical (unpaired) electrons. The van der Waals surface area contributed by atoms with Crippen LogP contribution in [0, 0.1) is 0 Å². The molecule has 0 bridgehead atoms. The molecule has 1 aromatic carbocycles. The molecule has 0 aromatic heterocycles. The van der Waals surface area contributed by atoms with Gasteiger partial charge >= 0.3 is 0 Å². The molecule has 0 fully saturated rings. The van der Waals surface area contributed by atoms with Gasteiger partial charge in [-0.3, -0.25) is 14.4 Å². The maximum atomic E-state index is 12.0. The number of nitrogens with zero attached hydrogens (tertiary/aromatic N) is 1. The number of hydroxylamine groups is 2. The van der Waals surface area contributed by atoms with Crippen molar-refractivity contribution in [3.63, 3.8) is 0 Å². The molecule has 2 amide bonds. The van der Waals surface area contributed by atoms with E-state index in [1.165, 1.54) is 0 Å². The Morgan fingerprint density at radius 2 is 1.56 bits per heavy atom. The quantitative estimate of drug-likeness (QED) is 0.607. The van der Waals surface area contributed by atoms with Crippen molar-refractivity contribution in [2.24, 2.45) is 0 Å². The number of hydrogen-bond acceptors (Lipinski definition) is 3. The number of benzene rings is 1. The van der Waals surface area contributed by atoms with Crippen LogP contribution in [0.2, 0.25) is 0 Å². The van der Waals surface area contributed by atoms with Gasteiger partial charge in [-0.15, -0.1) is 5.06 Å². The predicted octanol–water partition coefficient (Wildman–Crippen LogP) is 2.57. The normalized spacial score (nSPS) is 13.8. The molecule has 94 valence electrons. The first kappa shape index (κ1) is 12.5. The Morgan fingerprint density at radius 3 is 2.00 bits per heavy atom. The van der Waals surface area contributed by atoms with E-state index >= 15 is 0 Å². The van der Waals surface area contributed by atoms with Gasteiger partial charge in [0.05, 0.1) is 17.7 Å². The monoisotopic (exact) mass is 245 g/mol. The molecule has 0 N–H and O–H groups in total. The highest BCUT2D eigenvalue weighted by atomic mass is 16.7. The van der Waals surface area contributed by atoms with Crippen molar-refractivity contribution < 1.29 is 14.4 Å². The Labute approximate surface area is 106 Å². The maximum Gasteiger partial charge on any atom is 0.285 e. The second-order valence-corrected chi connectivity index (χ2v) is 4.50. The topological polar surface area (TPSA) is 46.6 Å². The van der Waals surface area contributed by atoms with Crippen LogP contribution in [0.3, 0.4) is 0 Å². The van der Waals surface area contributed by atoms with E-state index in [-0.39, 0.29) is 6.61 Å². The average Bonchev–Trinajstić information content (AvgIpc) is 2.60. The summed E-state index contributed by atoms with van der Waals surface area (Å²) in [6, 6.07) is 6.73. The van der Waals surface area contributed by atoms with Crippen LogP contribution in [0.15, 0.2) is 35.4 Å². The number of carbonyl (C=O) groups excluding carboxylic acids is 2. The second-order valence-electron chi connectivity index (χ2n) is 4.50. The van der Waals surface area contributed by atoms with Crippen molar-refractivity contribution >= 4 is 11.8 Å². The number of rotatable bonds is 3. The molecule has 1 heterocycles. The van der Waals surface area contributed by atoms with Crippen LogP contribution in [0.5, 0.6) is 0 Å². The zero-order valence-corrected chi connectivity index (χ0v) is 10.7. The molecule has 0 atom stereocenters. The summed E-state index contributed by atoms with van der Waals surface area (Å²) in [5, 5.41) is 0.844. The SMILES string of the molecule is CC(C)=C(C)CON1C(=O)c2ccccc2C1=O. The van der Waals surface area contributed by atoms with E-state index in [4.69, 9.17) is 4.84 Å². The first-order valence-corrected chi connectivity index (χ1v) is 5.76. The van der Waals surface area contributed by atoms with E-state index in [0.717, 1.165) is 16.2 Å². The summed E-state index contributed by atoms with van der Waals surface area (Å²) in [6.07, 6.45) is 0. The molecular weight excluding hydrogens is 230 g/mol. The van der Waals surface area contributed by atoms with Gasteiger partial charge in [0.2, 0.25) is 0 Å². The van der Waals surface area contributed by atoms with Crippen LogP contribution < -0.4 is 0 Å². The van der Waals surface area contributed by atoms with Gasteiger partial charge in [0.25, 0.3) is 11.8 Å². The lowest BCUT2D eigenvalue weighted by atomic mass is 10.1. The lowest BCUT2D eigenvalue weighted by molar-refractivity contribution is -0.0826. The highest BCUT2D eigenvalue weighted by Crippen LogP contribution is 2.22. The van der Waals surface area contributed by atoms with Gasteiger partial charge in [-0.05, 0) is 38.5 Å². The number of carbonyl (C=O) groups is 2. The van der Waals surface area contributed by atoms with Gasteiger partial charge < -0.3 is 0 Å². The molecule has 0 unspecified atom stereocenters. The minimum Gasteiger partial charge on any atom is -0.266 e. The van der Waals surface area contributed by atoms with Crippen LogP contribution in [-0.4, -0.2) is 23.5 Å². The Balaban J connectivity index is 2.17. The molecular formula is C14H15NO3. The van der Waals surface area contributed by atoms with E-state index in [0.29, 0.717) is 11.1 Å². The van der Waals surface area contributed by atoms with Crippen molar-refractivity contribution in [2.75, 3.05) is 6.61 Å². The largest absolute Gasteiger partial charge is 0.285 e. The van der Waals surface area contributed by atoms with Crippen molar-refractivity contribution in [3.05, 3.63) is 46.5 Å². The molecule has 1 aliphatic rings. The molecule has 0 saturated carbocycles. The van der Waals surface area contributed by atoms with Gasteiger partial charge in [-0.1, -0.05) is 17.7 Å². The van der Waals surface area contributed by atoms with Crippen molar-refractivity contribution in [1.82, 2.24) is 5.06 Å². The third kappa shape index (κ3) is 2.07. The van der Waals surface area contributed by atoms with Crippen LogP contribution in [0.25, 0.3) is 0 Å². The summed E-state index contributed by atoms with van der Waals surface area (Å²) in [4.78, 5) is 29.2. The van der Waals surface area contributed by atoms with Crippen molar-refractivity contribution in [1.29, 1.82) is 0 Å². The third-order valence-electron chi connectivity index (χ3n) is 3.02. The molecule has 0 aliphatic carbocycles. The zero-order chi connectivity index (χ0) is 13.3. The summed E-state index contributed by atoms with van der Waals surface area (Å²) >= 11 is 0.